The van der Waals surface area contributed by atoms with E-state index in [1.54, 1.807) is 0 Å². The van der Waals surface area contributed by atoms with Crippen molar-refractivity contribution >= 4 is 10.9 Å². The molecule has 0 amide bonds. The summed E-state index contributed by atoms with van der Waals surface area (Å²) in [6.07, 6.45) is 2.09. The van der Waals surface area contributed by atoms with Crippen molar-refractivity contribution in [3.05, 3.63) is 89.0 Å². The largest absolute Gasteiger partial charge is 0.457 e. The first-order valence-electron chi connectivity index (χ1n) is 9.34. The van der Waals surface area contributed by atoms with Gasteiger partial charge in [-0.15, -0.1) is 0 Å². The van der Waals surface area contributed by atoms with Crippen molar-refractivity contribution < 1.29 is 4.74 Å². The molecule has 0 spiro atoms. The van der Waals surface area contributed by atoms with E-state index >= 15 is 0 Å². The number of aromatic nitrogens is 2. The van der Waals surface area contributed by atoms with Crippen molar-refractivity contribution in [1.82, 2.24) is 9.66 Å². The fourth-order valence-electron chi connectivity index (χ4n) is 3.37. The van der Waals surface area contributed by atoms with Gasteiger partial charge in [-0.1, -0.05) is 36.4 Å². The van der Waals surface area contributed by atoms with Crippen molar-refractivity contribution in [2.45, 2.75) is 18.8 Å². The van der Waals surface area contributed by atoms with Crippen LogP contribution < -0.4 is 16.1 Å². The van der Waals surface area contributed by atoms with Gasteiger partial charge in [0.15, 0.2) is 0 Å². The summed E-state index contributed by atoms with van der Waals surface area (Å²) in [6, 6.07) is 23.2. The standard InChI is InChI=1S/C23H19N3O2/c24-26-22(16-6-7-16)25-21-13-10-17(14-20(21)23(26)27)15-8-11-19(12-9-15)28-18-4-2-1-3-5-18/h1-5,8-14,16H,6-7,24H2. The zero-order valence-electron chi connectivity index (χ0n) is 15.2. The van der Waals surface area contributed by atoms with Gasteiger partial charge < -0.3 is 10.6 Å². The summed E-state index contributed by atoms with van der Waals surface area (Å²) in [6.45, 7) is 0. The molecule has 0 atom stereocenters. The fraction of sp³-hybridized carbons (Fsp3) is 0.130. The second-order valence-electron chi connectivity index (χ2n) is 7.09. The maximum absolute atomic E-state index is 12.7. The Morgan fingerprint density at radius 1 is 0.893 bits per heavy atom. The normalized spacial score (nSPS) is 13.6. The van der Waals surface area contributed by atoms with Gasteiger partial charge in [0.1, 0.15) is 17.3 Å². The first-order valence-corrected chi connectivity index (χ1v) is 9.34. The van der Waals surface area contributed by atoms with E-state index in [2.05, 4.69) is 4.98 Å². The third-order valence-electron chi connectivity index (χ3n) is 5.04. The van der Waals surface area contributed by atoms with E-state index in [9.17, 15) is 4.79 Å². The molecule has 5 rings (SSSR count). The molecule has 0 saturated heterocycles. The van der Waals surface area contributed by atoms with E-state index in [0.717, 1.165) is 35.5 Å². The fourth-order valence-corrected chi connectivity index (χ4v) is 3.37. The Bertz CT molecular complexity index is 1210. The molecule has 4 aromatic rings. The maximum atomic E-state index is 12.7. The van der Waals surface area contributed by atoms with Gasteiger partial charge in [-0.2, -0.15) is 0 Å². The van der Waals surface area contributed by atoms with Gasteiger partial charge in [-0.05, 0) is 60.4 Å². The Labute approximate surface area is 162 Å². The first kappa shape index (κ1) is 16.6. The van der Waals surface area contributed by atoms with Crippen LogP contribution in [0.1, 0.15) is 24.6 Å². The average Bonchev–Trinajstić information content (AvgIpc) is 3.57. The van der Waals surface area contributed by atoms with E-state index in [4.69, 9.17) is 10.6 Å². The van der Waals surface area contributed by atoms with Crippen LogP contribution in [0.2, 0.25) is 0 Å². The lowest BCUT2D eigenvalue weighted by atomic mass is 10.0. The Balaban J connectivity index is 1.48. The van der Waals surface area contributed by atoms with Crippen molar-refractivity contribution in [3.63, 3.8) is 0 Å². The number of para-hydroxylation sites is 1. The van der Waals surface area contributed by atoms with Gasteiger partial charge in [0.2, 0.25) is 0 Å². The lowest BCUT2D eigenvalue weighted by Crippen LogP contribution is -2.31. The molecular formula is C23H19N3O2. The summed E-state index contributed by atoms with van der Waals surface area (Å²) in [5, 5.41) is 0.536. The van der Waals surface area contributed by atoms with Crippen LogP contribution in [-0.4, -0.2) is 9.66 Å². The molecular weight excluding hydrogens is 350 g/mol. The molecule has 0 aliphatic heterocycles. The molecule has 1 heterocycles. The Hall–Kier alpha value is -3.60. The number of fused-ring (bicyclic) bond motifs is 1. The molecule has 5 heteroatoms. The lowest BCUT2D eigenvalue weighted by Gasteiger charge is -2.10. The number of ether oxygens (including phenoxy) is 1. The quantitative estimate of drug-likeness (QED) is 0.540. The van der Waals surface area contributed by atoms with E-state index < -0.39 is 0 Å². The van der Waals surface area contributed by atoms with Crippen molar-refractivity contribution in [3.8, 4) is 22.6 Å². The van der Waals surface area contributed by atoms with E-state index in [1.807, 2.05) is 72.8 Å². The van der Waals surface area contributed by atoms with Crippen LogP contribution in [0.15, 0.2) is 77.6 Å². The maximum Gasteiger partial charge on any atom is 0.279 e. The number of nitrogen functional groups attached to an aromatic ring is 1. The van der Waals surface area contributed by atoms with Crippen molar-refractivity contribution in [1.29, 1.82) is 0 Å². The molecule has 5 nitrogen and oxygen atoms in total. The second-order valence-corrected chi connectivity index (χ2v) is 7.09. The molecule has 1 aliphatic rings. The van der Waals surface area contributed by atoms with Crippen LogP contribution >= 0.6 is 0 Å². The average molecular weight is 369 g/mol. The number of hydrogen-bond donors (Lipinski definition) is 1. The van der Waals surface area contributed by atoms with Gasteiger partial charge in [0.25, 0.3) is 5.56 Å². The molecule has 0 radical (unpaired) electrons. The van der Waals surface area contributed by atoms with Crippen LogP contribution in [0, 0.1) is 0 Å². The number of benzene rings is 3. The lowest BCUT2D eigenvalue weighted by molar-refractivity contribution is 0.483. The van der Waals surface area contributed by atoms with Crippen molar-refractivity contribution in [2.75, 3.05) is 5.84 Å². The van der Waals surface area contributed by atoms with Gasteiger partial charge in [-0.3, -0.25) is 4.79 Å². The van der Waals surface area contributed by atoms with E-state index in [-0.39, 0.29) is 5.56 Å². The van der Waals surface area contributed by atoms with Gasteiger partial charge in [0, 0.05) is 5.92 Å². The van der Waals surface area contributed by atoms with E-state index in [0.29, 0.717) is 22.6 Å². The molecule has 28 heavy (non-hydrogen) atoms. The molecule has 0 unspecified atom stereocenters. The minimum absolute atomic E-state index is 0.196. The topological polar surface area (TPSA) is 70.1 Å². The Kier molecular flexibility index (Phi) is 3.86. The second kappa shape index (κ2) is 6.53. The highest BCUT2D eigenvalue weighted by Gasteiger charge is 2.28. The smallest absolute Gasteiger partial charge is 0.279 e. The monoisotopic (exact) mass is 369 g/mol. The third kappa shape index (κ3) is 3.01. The predicted molar refractivity (Wildman–Crippen MR) is 110 cm³/mol. The van der Waals surface area contributed by atoms with Crippen LogP contribution in [0.4, 0.5) is 0 Å². The summed E-state index contributed by atoms with van der Waals surface area (Å²) in [5.74, 6) is 8.56. The summed E-state index contributed by atoms with van der Waals surface area (Å²) in [7, 11) is 0. The van der Waals surface area contributed by atoms with Crippen LogP contribution in [0.25, 0.3) is 22.0 Å². The van der Waals surface area contributed by atoms with Crippen LogP contribution in [0.5, 0.6) is 11.5 Å². The molecule has 3 aromatic carbocycles. The predicted octanol–water partition coefficient (Wildman–Crippen LogP) is 4.45. The van der Waals surface area contributed by atoms with Gasteiger partial charge >= 0.3 is 0 Å². The van der Waals surface area contributed by atoms with Crippen LogP contribution in [-0.2, 0) is 0 Å². The first-order chi connectivity index (χ1) is 13.7. The molecule has 1 aliphatic carbocycles. The molecule has 0 bridgehead atoms. The Morgan fingerprint density at radius 2 is 1.57 bits per heavy atom. The molecule has 1 saturated carbocycles. The zero-order valence-corrected chi connectivity index (χ0v) is 15.2. The number of nitrogens with zero attached hydrogens (tertiary/aromatic N) is 2. The number of nitrogens with two attached hydrogens (primary N) is 1. The highest BCUT2D eigenvalue weighted by molar-refractivity contribution is 5.84. The third-order valence-corrected chi connectivity index (χ3v) is 5.04. The minimum Gasteiger partial charge on any atom is -0.457 e. The molecule has 1 fully saturated rings. The number of rotatable bonds is 4. The molecule has 2 N–H and O–H groups in total. The SMILES string of the molecule is Nn1c(C2CC2)nc2ccc(-c3ccc(Oc4ccccc4)cc3)cc2c1=O. The summed E-state index contributed by atoms with van der Waals surface area (Å²) in [4.78, 5) is 17.3. The summed E-state index contributed by atoms with van der Waals surface area (Å²) in [5.41, 5.74) is 2.44. The highest BCUT2D eigenvalue weighted by atomic mass is 16.5. The Morgan fingerprint density at radius 3 is 2.29 bits per heavy atom. The van der Waals surface area contributed by atoms with E-state index in [1.165, 1.54) is 4.68 Å². The zero-order chi connectivity index (χ0) is 19.1. The van der Waals surface area contributed by atoms with Gasteiger partial charge in [0.05, 0.1) is 10.9 Å². The minimum atomic E-state index is -0.196. The van der Waals surface area contributed by atoms with Gasteiger partial charge in [-0.25, -0.2) is 9.66 Å². The molecule has 1 aromatic heterocycles. The highest BCUT2D eigenvalue weighted by Crippen LogP contribution is 2.38. The molecule has 138 valence electrons. The van der Waals surface area contributed by atoms with Crippen molar-refractivity contribution in [2.24, 2.45) is 0 Å². The summed E-state index contributed by atoms with van der Waals surface area (Å²) < 4.78 is 7.04. The van der Waals surface area contributed by atoms with Crippen LogP contribution in [0.3, 0.4) is 0 Å². The summed E-state index contributed by atoms with van der Waals surface area (Å²) >= 11 is 0. The number of hydrogen-bond acceptors (Lipinski definition) is 4.